The molecule has 0 aromatic heterocycles. The largest absolute Gasteiger partial charge is 0.381 e. The Morgan fingerprint density at radius 3 is 2.67 bits per heavy atom. The lowest BCUT2D eigenvalue weighted by Crippen LogP contribution is -2.47. The number of hydrogen-bond acceptors (Lipinski definition) is 3. The van der Waals surface area contributed by atoms with Crippen LogP contribution in [0.1, 0.15) is 37.3 Å². The van der Waals surface area contributed by atoms with Crippen LogP contribution in [0.25, 0.3) is 0 Å². The third-order valence-corrected chi connectivity index (χ3v) is 4.58. The quantitative estimate of drug-likeness (QED) is 0.838. The summed E-state index contributed by atoms with van der Waals surface area (Å²) in [7, 11) is 0. The molecular weight excluding hydrogens is 318 g/mol. The summed E-state index contributed by atoms with van der Waals surface area (Å²) in [6, 6.07) is 2.50. The third-order valence-electron chi connectivity index (χ3n) is 4.58. The van der Waals surface area contributed by atoms with Crippen LogP contribution in [0.15, 0.2) is 18.2 Å². The highest BCUT2D eigenvalue weighted by Crippen LogP contribution is 2.33. The summed E-state index contributed by atoms with van der Waals surface area (Å²) in [5.41, 5.74) is 0.125. The van der Waals surface area contributed by atoms with E-state index in [9.17, 15) is 18.4 Å². The zero-order valence-electron chi connectivity index (χ0n) is 13.3. The number of ether oxygens (including phenoxy) is 1. The number of nitrogens with zero attached hydrogens (tertiary/aromatic N) is 1. The number of amides is 2. The van der Waals surface area contributed by atoms with Gasteiger partial charge in [-0.05, 0) is 43.9 Å². The molecule has 7 heteroatoms. The van der Waals surface area contributed by atoms with Gasteiger partial charge in [0.1, 0.15) is 11.6 Å². The predicted molar refractivity (Wildman–Crippen MR) is 82.0 cm³/mol. The Hall–Kier alpha value is -2.02. The van der Waals surface area contributed by atoms with Gasteiger partial charge in [0.2, 0.25) is 0 Å². The van der Waals surface area contributed by atoms with Gasteiger partial charge in [-0.1, -0.05) is 0 Å². The molecule has 0 bridgehead atoms. The Labute approximate surface area is 139 Å². The maximum Gasteiger partial charge on any atom is 0.312 e. The first-order chi connectivity index (χ1) is 11.6. The van der Waals surface area contributed by atoms with Crippen LogP contribution in [0, 0.1) is 11.6 Å². The number of benzene rings is 1. The molecule has 2 aliphatic heterocycles. The van der Waals surface area contributed by atoms with Crippen LogP contribution in [0.5, 0.6) is 0 Å². The molecular formula is C17H20F2N2O3. The van der Waals surface area contributed by atoms with Crippen molar-refractivity contribution in [2.24, 2.45) is 0 Å². The second-order valence-corrected chi connectivity index (χ2v) is 6.18. The minimum Gasteiger partial charge on any atom is -0.381 e. The van der Waals surface area contributed by atoms with Crippen molar-refractivity contribution in [2.75, 3.05) is 19.8 Å². The van der Waals surface area contributed by atoms with Crippen LogP contribution in [-0.2, 0) is 14.3 Å². The molecule has 1 atom stereocenters. The second-order valence-electron chi connectivity index (χ2n) is 6.18. The standard InChI is InChI=1S/C17H20F2N2O3/c18-11-3-4-14(19)13(10-11)15-2-1-7-21(15)17(23)16(22)20-12-5-8-24-9-6-12/h3-4,10,12,15H,1-2,5-9H2,(H,20,22). The van der Waals surface area contributed by atoms with E-state index in [1.54, 1.807) is 0 Å². The molecule has 0 radical (unpaired) electrons. The van der Waals surface area contributed by atoms with Gasteiger partial charge < -0.3 is 15.0 Å². The Balaban J connectivity index is 1.71. The summed E-state index contributed by atoms with van der Waals surface area (Å²) < 4.78 is 32.7. The van der Waals surface area contributed by atoms with Crippen molar-refractivity contribution in [2.45, 2.75) is 37.8 Å². The highest BCUT2D eigenvalue weighted by atomic mass is 19.1. The molecule has 24 heavy (non-hydrogen) atoms. The van der Waals surface area contributed by atoms with E-state index >= 15 is 0 Å². The molecule has 1 aromatic carbocycles. The molecule has 5 nitrogen and oxygen atoms in total. The molecule has 2 amide bonds. The highest BCUT2D eigenvalue weighted by Gasteiger charge is 2.35. The SMILES string of the molecule is O=C(NC1CCOCC1)C(=O)N1CCCC1c1cc(F)ccc1F. The summed E-state index contributed by atoms with van der Waals surface area (Å²) in [4.78, 5) is 26.0. The van der Waals surface area contributed by atoms with Crippen LogP contribution < -0.4 is 5.32 Å². The summed E-state index contributed by atoms with van der Waals surface area (Å²) in [6.45, 7) is 1.47. The van der Waals surface area contributed by atoms with Gasteiger partial charge >= 0.3 is 11.8 Å². The van der Waals surface area contributed by atoms with E-state index < -0.39 is 29.5 Å². The highest BCUT2D eigenvalue weighted by molar-refractivity contribution is 6.35. The minimum atomic E-state index is -0.689. The maximum absolute atomic E-state index is 14.0. The molecule has 3 rings (SSSR count). The van der Waals surface area contributed by atoms with Crippen LogP contribution in [0.4, 0.5) is 8.78 Å². The van der Waals surface area contributed by atoms with Gasteiger partial charge in [-0.2, -0.15) is 0 Å². The molecule has 0 saturated carbocycles. The van der Waals surface area contributed by atoms with E-state index in [1.807, 2.05) is 0 Å². The first-order valence-electron chi connectivity index (χ1n) is 8.20. The summed E-state index contributed by atoms with van der Waals surface area (Å²) in [5.74, 6) is -2.50. The van der Waals surface area contributed by atoms with Crippen molar-refractivity contribution < 1.29 is 23.1 Å². The van der Waals surface area contributed by atoms with Crippen molar-refractivity contribution >= 4 is 11.8 Å². The van der Waals surface area contributed by atoms with E-state index in [4.69, 9.17) is 4.74 Å². The molecule has 1 unspecified atom stereocenters. The van der Waals surface area contributed by atoms with Crippen molar-refractivity contribution in [1.29, 1.82) is 0 Å². The van der Waals surface area contributed by atoms with Gasteiger partial charge in [-0.15, -0.1) is 0 Å². The van der Waals surface area contributed by atoms with E-state index in [0.29, 0.717) is 45.4 Å². The summed E-state index contributed by atoms with van der Waals surface area (Å²) in [5, 5.41) is 2.72. The zero-order chi connectivity index (χ0) is 17.1. The Morgan fingerprint density at radius 1 is 1.17 bits per heavy atom. The predicted octanol–water partition coefficient (Wildman–Crippen LogP) is 1.92. The maximum atomic E-state index is 14.0. The summed E-state index contributed by atoms with van der Waals surface area (Å²) >= 11 is 0. The Bertz CT molecular complexity index is 632. The number of rotatable bonds is 2. The number of nitrogens with one attached hydrogen (secondary N) is 1. The number of halogens is 2. The zero-order valence-corrected chi connectivity index (χ0v) is 13.3. The average molecular weight is 338 g/mol. The van der Waals surface area contributed by atoms with Crippen LogP contribution in [-0.4, -0.2) is 42.5 Å². The number of likely N-dealkylation sites (tertiary alicyclic amines) is 1. The number of hydrogen-bond donors (Lipinski definition) is 1. The van der Waals surface area contributed by atoms with Crippen LogP contribution in [0.2, 0.25) is 0 Å². The second kappa shape index (κ2) is 7.25. The monoisotopic (exact) mass is 338 g/mol. The fourth-order valence-corrected chi connectivity index (χ4v) is 3.32. The smallest absolute Gasteiger partial charge is 0.312 e. The third kappa shape index (κ3) is 3.56. The number of carbonyl (C=O) groups is 2. The molecule has 130 valence electrons. The van der Waals surface area contributed by atoms with Crippen LogP contribution in [0.3, 0.4) is 0 Å². The molecule has 0 aliphatic carbocycles. The summed E-state index contributed by atoms with van der Waals surface area (Å²) in [6.07, 6.45) is 2.50. The van der Waals surface area contributed by atoms with Crippen molar-refractivity contribution in [3.8, 4) is 0 Å². The van der Waals surface area contributed by atoms with Crippen molar-refractivity contribution in [3.05, 3.63) is 35.4 Å². The van der Waals surface area contributed by atoms with Gasteiger partial charge in [0.25, 0.3) is 0 Å². The van der Waals surface area contributed by atoms with E-state index in [1.165, 1.54) is 4.90 Å². The van der Waals surface area contributed by atoms with Gasteiger partial charge in [-0.25, -0.2) is 8.78 Å². The lowest BCUT2D eigenvalue weighted by Gasteiger charge is -2.27. The lowest BCUT2D eigenvalue weighted by atomic mass is 10.0. The van der Waals surface area contributed by atoms with Crippen LogP contribution >= 0.6 is 0 Å². The minimum absolute atomic E-state index is 0.0813. The normalized spacial score (nSPS) is 21.8. The van der Waals surface area contributed by atoms with Crippen molar-refractivity contribution in [1.82, 2.24) is 10.2 Å². The molecule has 0 spiro atoms. The topological polar surface area (TPSA) is 58.6 Å². The fourth-order valence-electron chi connectivity index (χ4n) is 3.32. The molecule has 2 fully saturated rings. The Morgan fingerprint density at radius 2 is 1.92 bits per heavy atom. The van der Waals surface area contributed by atoms with Crippen molar-refractivity contribution in [3.63, 3.8) is 0 Å². The number of carbonyl (C=O) groups excluding carboxylic acids is 2. The lowest BCUT2D eigenvalue weighted by molar-refractivity contribution is -0.147. The molecule has 2 saturated heterocycles. The van der Waals surface area contributed by atoms with E-state index in [2.05, 4.69) is 5.32 Å². The Kier molecular flexibility index (Phi) is 5.08. The van der Waals surface area contributed by atoms with Gasteiger partial charge in [0.15, 0.2) is 0 Å². The van der Waals surface area contributed by atoms with Gasteiger partial charge in [0.05, 0.1) is 6.04 Å². The molecule has 1 aromatic rings. The average Bonchev–Trinajstić information content (AvgIpc) is 3.06. The molecule has 1 N–H and O–H groups in total. The molecule has 2 heterocycles. The fraction of sp³-hybridized carbons (Fsp3) is 0.529. The molecule has 2 aliphatic rings. The first kappa shape index (κ1) is 16.8. The van der Waals surface area contributed by atoms with Gasteiger partial charge in [-0.3, -0.25) is 9.59 Å². The first-order valence-corrected chi connectivity index (χ1v) is 8.20. The van der Waals surface area contributed by atoms with E-state index in [0.717, 1.165) is 18.2 Å². The van der Waals surface area contributed by atoms with E-state index in [-0.39, 0.29) is 11.6 Å². The van der Waals surface area contributed by atoms with Gasteiger partial charge in [0, 0.05) is 31.4 Å².